The third kappa shape index (κ3) is 4.07. The summed E-state index contributed by atoms with van der Waals surface area (Å²) in [6, 6.07) is 4.07. The summed E-state index contributed by atoms with van der Waals surface area (Å²) in [5.41, 5.74) is 0.538. The number of amides is 2. The molecule has 0 unspecified atom stereocenters. The smallest absolute Gasteiger partial charge is 0.335 e. The third-order valence-electron chi connectivity index (χ3n) is 1.88. The van der Waals surface area contributed by atoms with Crippen molar-refractivity contribution in [1.82, 2.24) is 5.32 Å². The summed E-state index contributed by atoms with van der Waals surface area (Å²) < 4.78 is 0.626. The number of carboxylic acids is 1. The molecule has 0 saturated heterocycles. The fourth-order valence-electron chi connectivity index (χ4n) is 1.17. The van der Waals surface area contributed by atoms with E-state index in [0.717, 1.165) is 0 Å². The highest BCUT2D eigenvalue weighted by molar-refractivity contribution is 9.10. The zero-order chi connectivity index (χ0) is 13.0. The van der Waals surface area contributed by atoms with Crippen molar-refractivity contribution in [3.63, 3.8) is 0 Å². The summed E-state index contributed by atoms with van der Waals surface area (Å²) in [7, 11) is 0. The molecule has 0 fully saturated rings. The average Bonchev–Trinajstić information content (AvgIpc) is 2.19. The first-order chi connectivity index (χ1) is 7.90. The monoisotopic (exact) mass is 300 g/mol. The van der Waals surface area contributed by atoms with Gasteiger partial charge in [-0.1, -0.05) is 0 Å². The van der Waals surface area contributed by atoms with E-state index in [4.69, 9.17) is 5.11 Å². The zero-order valence-electron chi connectivity index (χ0n) is 9.45. The van der Waals surface area contributed by atoms with Crippen LogP contribution in [-0.4, -0.2) is 23.1 Å². The van der Waals surface area contributed by atoms with Gasteiger partial charge in [0.2, 0.25) is 0 Å². The van der Waals surface area contributed by atoms with Gasteiger partial charge in [-0.05, 0) is 48.0 Å². The second kappa shape index (κ2) is 5.67. The predicted octanol–water partition coefficient (Wildman–Crippen LogP) is 2.68. The normalized spacial score (nSPS) is 10.1. The number of carbonyl (C=O) groups excluding carboxylic acids is 1. The fraction of sp³-hybridized carbons (Fsp3) is 0.273. The molecule has 6 heteroatoms. The molecule has 17 heavy (non-hydrogen) atoms. The van der Waals surface area contributed by atoms with Crippen molar-refractivity contribution in [2.75, 3.05) is 5.32 Å². The van der Waals surface area contributed by atoms with Crippen molar-refractivity contribution in [3.8, 4) is 0 Å². The highest BCUT2D eigenvalue weighted by Crippen LogP contribution is 2.23. The summed E-state index contributed by atoms with van der Waals surface area (Å²) in [5, 5.41) is 14.1. The molecule has 0 heterocycles. The number of carbonyl (C=O) groups is 2. The Kier molecular flexibility index (Phi) is 4.51. The number of benzene rings is 1. The van der Waals surface area contributed by atoms with E-state index in [2.05, 4.69) is 26.6 Å². The Balaban J connectivity index is 2.86. The van der Waals surface area contributed by atoms with E-state index < -0.39 is 5.97 Å². The summed E-state index contributed by atoms with van der Waals surface area (Å²) in [4.78, 5) is 22.3. The minimum absolute atomic E-state index is 0.0106. The number of halogens is 1. The van der Waals surface area contributed by atoms with Gasteiger partial charge in [0.15, 0.2) is 0 Å². The van der Waals surface area contributed by atoms with Crippen LogP contribution in [0.15, 0.2) is 22.7 Å². The number of aromatic carboxylic acids is 1. The molecule has 0 aliphatic rings. The maximum Gasteiger partial charge on any atom is 0.335 e. The Morgan fingerprint density at radius 3 is 2.53 bits per heavy atom. The number of rotatable bonds is 3. The van der Waals surface area contributed by atoms with Crippen LogP contribution in [0.2, 0.25) is 0 Å². The minimum Gasteiger partial charge on any atom is -0.478 e. The number of anilines is 1. The maximum atomic E-state index is 11.5. The topological polar surface area (TPSA) is 78.4 Å². The predicted molar refractivity (Wildman–Crippen MR) is 68.4 cm³/mol. The van der Waals surface area contributed by atoms with Crippen molar-refractivity contribution in [1.29, 1.82) is 0 Å². The molecule has 2 amide bonds. The van der Waals surface area contributed by atoms with Gasteiger partial charge >= 0.3 is 12.0 Å². The molecule has 0 atom stereocenters. The zero-order valence-corrected chi connectivity index (χ0v) is 11.0. The molecule has 1 aromatic carbocycles. The summed E-state index contributed by atoms with van der Waals surface area (Å²) in [6.07, 6.45) is 0. The molecule has 0 aromatic heterocycles. The van der Waals surface area contributed by atoms with Crippen LogP contribution in [0.5, 0.6) is 0 Å². The van der Waals surface area contributed by atoms with Gasteiger partial charge in [0.25, 0.3) is 0 Å². The van der Waals surface area contributed by atoms with Crippen LogP contribution in [-0.2, 0) is 0 Å². The van der Waals surface area contributed by atoms with E-state index in [1.807, 2.05) is 13.8 Å². The van der Waals surface area contributed by atoms with Gasteiger partial charge in [0.05, 0.1) is 11.3 Å². The SMILES string of the molecule is CC(C)NC(=O)Nc1cc(C(=O)O)ccc1Br. The summed E-state index contributed by atoms with van der Waals surface area (Å²) in [6.45, 7) is 3.67. The lowest BCUT2D eigenvalue weighted by molar-refractivity contribution is 0.0697. The van der Waals surface area contributed by atoms with E-state index in [1.165, 1.54) is 12.1 Å². The Bertz CT molecular complexity index is 446. The number of hydrogen-bond donors (Lipinski definition) is 3. The van der Waals surface area contributed by atoms with Gasteiger partial charge < -0.3 is 15.7 Å². The first-order valence-corrected chi connectivity index (χ1v) is 5.80. The lowest BCUT2D eigenvalue weighted by Crippen LogP contribution is -2.34. The Morgan fingerprint density at radius 2 is 2.00 bits per heavy atom. The van der Waals surface area contributed by atoms with Crippen molar-refractivity contribution in [2.24, 2.45) is 0 Å². The molecule has 0 aliphatic carbocycles. The Morgan fingerprint density at radius 1 is 1.35 bits per heavy atom. The summed E-state index contributed by atoms with van der Waals surface area (Å²) in [5.74, 6) is -1.04. The van der Waals surface area contributed by atoms with Crippen molar-refractivity contribution in [3.05, 3.63) is 28.2 Å². The highest BCUT2D eigenvalue weighted by atomic mass is 79.9. The molecule has 0 saturated carbocycles. The highest BCUT2D eigenvalue weighted by Gasteiger charge is 2.10. The van der Waals surface area contributed by atoms with Gasteiger partial charge in [-0.3, -0.25) is 0 Å². The number of urea groups is 1. The maximum absolute atomic E-state index is 11.5. The minimum atomic E-state index is -1.04. The molecule has 0 aliphatic heterocycles. The van der Waals surface area contributed by atoms with E-state index in [-0.39, 0.29) is 17.6 Å². The van der Waals surface area contributed by atoms with Crippen LogP contribution < -0.4 is 10.6 Å². The Labute approximate surface area is 107 Å². The van der Waals surface area contributed by atoms with E-state index in [1.54, 1.807) is 6.07 Å². The van der Waals surface area contributed by atoms with E-state index in [0.29, 0.717) is 10.2 Å². The molecule has 0 radical (unpaired) electrons. The quantitative estimate of drug-likeness (QED) is 0.803. The van der Waals surface area contributed by atoms with Gasteiger partial charge in [-0.15, -0.1) is 0 Å². The molecule has 5 nitrogen and oxygen atoms in total. The Hall–Kier alpha value is -1.56. The van der Waals surface area contributed by atoms with Crippen LogP contribution in [0.25, 0.3) is 0 Å². The average molecular weight is 301 g/mol. The van der Waals surface area contributed by atoms with E-state index in [9.17, 15) is 9.59 Å². The number of hydrogen-bond acceptors (Lipinski definition) is 2. The largest absolute Gasteiger partial charge is 0.478 e. The van der Waals surface area contributed by atoms with Crippen LogP contribution in [0, 0.1) is 0 Å². The van der Waals surface area contributed by atoms with Gasteiger partial charge in [-0.25, -0.2) is 9.59 Å². The lowest BCUT2D eigenvalue weighted by Gasteiger charge is -2.11. The number of nitrogens with one attached hydrogen (secondary N) is 2. The first kappa shape index (κ1) is 13.5. The second-order valence-corrected chi connectivity index (χ2v) is 4.61. The van der Waals surface area contributed by atoms with Crippen LogP contribution in [0.3, 0.4) is 0 Å². The molecular formula is C11H13BrN2O3. The standard InChI is InChI=1S/C11H13BrN2O3/c1-6(2)13-11(17)14-9-5-7(10(15)16)3-4-8(9)12/h3-6H,1-2H3,(H,15,16)(H2,13,14,17). The fourth-order valence-corrected chi connectivity index (χ4v) is 1.52. The molecule has 3 N–H and O–H groups in total. The molecule has 1 aromatic rings. The first-order valence-electron chi connectivity index (χ1n) is 5.00. The van der Waals surface area contributed by atoms with Crippen LogP contribution in [0.4, 0.5) is 10.5 Å². The summed E-state index contributed by atoms with van der Waals surface area (Å²) >= 11 is 3.24. The van der Waals surface area contributed by atoms with Crippen LogP contribution >= 0.6 is 15.9 Å². The molecule has 92 valence electrons. The van der Waals surface area contributed by atoms with Gasteiger partial charge in [0.1, 0.15) is 0 Å². The van der Waals surface area contributed by atoms with Crippen LogP contribution in [0.1, 0.15) is 24.2 Å². The van der Waals surface area contributed by atoms with Crippen molar-refractivity contribution < 1.29 is 14.7 Å². The van der Waals surface area contributed by atoms with Crippen molar-refractivity contribution >= 4 is 33.6 Å². The van der Waals surface area contributed by atoms with E-state index >= 15 is 0 Å². The molecule has 0 spiro atoms. The van der Waals surface area contributed by atoms with Crippen molar-refractivity contribution in [2.45, 2.75) is 19.9 Å². The van der Waals surface area contributed by atoms with Gasteiger partial charge in [0, 0.05) is 10.5 Å². The lowest BCUT2D eigenvalue weighted by atomic mass is 10.2. The van der Waals surface area contributed by atoms with Gasteiger partial charge in [-0.2, -0.15) is 0 Å². The number of carboxylic acid groups (broad SMARTS) is 1. The molecular weight excluding hydrogens is 288 g/mol. The molecule has 0 bridgehead atoms. The second-order valence-electron chi connectivity index (χ2n) is 3.75. The molecule has 1 rings (SSSR count). The third-order valence-corrected chi connectivity index (χ3v) is 2.57.